The number of hydrogen-bond donors (Lipinski definition) is 1. The Morgan fingerprint density at radius 1 is 1.56 bits per heavy atom. The first-order chi connectivity index (χ1) is 7.78. The number of hydrogen-bond acceptors (Lipinski definition) is 4. The lowest BCUT2D eigenvalue weighted by Crippen LogP contribution is -2.24. The number of nitrogen functional groups attached to an aromatic ring is 1. The van der Waals surface area contributed by atoms with Crippen molar-refractivity contribution in [3.63, 3.8) is 0 Å². The average Bonchev–Trinajstić information content (AvgIpc) is 2.88. The van der Waals surface area contributed by atoms with Gasteiger partial charge in [-0.15, -0.1) is 0 Å². The second-order valence-corrected chi connectivity index (χ2v) is 4.30. The molecule has 1 aromatic rings. The molecule has 1 saturated heterocycles. The Morgan fingerprint density at radius 2 is 2.44 bits per heavy atom. The fourth-order valence-electron chi connectivity index (χ4n) is 2.15. The molecule has 5 heteroatoms. The van der Waals surface area contributed by atoms with Crippen LogP contribution in [-0.2, 0) is 11.3 Å². The van der Waals surface area contributed by atoms with E-state index in [2.05, 4.69) is 10.00 Å². The summed E-state index contributed by atoms with van der Waals surface area (Å²) in [5, 5.41) is 4.16. The monoisotopic (exact) mass is 224 g/mol. The minimum Gasteiger partial charge on any atom is -0.382 e. The smallest absolute Gasteiger partial charge is 0.145 e. The fraction of sp³-hybridized carbons (Fsp3) is 0.727. The van der Waals surface area contributed by atoms with E-state index in [9.17, 15) is 0 Å². The van der Waals surface area contributed by atoms with Crippen molar-refractivity contribution < 1.29 is 4.74 Å². The van der Waals surface area contributed by atoms with Gasteiger partial charge in [0.25, 0.3) is 0 Å². The van der Waals surface area contributed by atoms with E-state index in [1.165, 1.54) is 0 Å². The third-order valence-corrected chi connectivity index (χ3v) is 3.09. The lowest BCUT2D eigenvalue weighted by Gasteiger charge is -2.15. The van der Waals surface area contributed by atoms with Gasteiger partial charge in [-0.25, -0.2) is 0 Å². The Labute approximate surface area is 96.2 Å². The maximum atomic E-state index is 5.55. The van der Waals surface area contributed by atoms with Crippen LogP contribution in [0.5, 0.6) is 0 Å². The van der Waals surface area contributed by atoms with Crippen LogP contribution >= 0.6 is 0 Å². The highest BCUT2D eigenvalue weighted by Crippen LogP contribution is 2.12. The fourth-order valence-corrected chi connectivity index (χ4v) is 2.15. The van der Waals surface area contributed by atoms with Crippen molar-refractivity contribution in [2.24, 2.45) is 0 Å². The van der Waals surface area contributed by atoms with Gasteiger partial charge in [-0.1, -0.05) is 0 Å². The molecule has 0 saturated carbocycles. The largest absolute Gasteiger partial charge is 0.382 e. The number of likely N-dealkylation sites (tertiary alicyclic amines) is 1. The normalized spacial score (nSPS) is 21.7. The van der Waals surface area contributed by atoms with Crippen LogP contribution in [0.4, 0.5) is 5.82 Å². The zero-order chi connectivity index (χ0) is 11.4. The molecule has 0 aromatic carbocycles. The molecular weight excluding hydrogens is 204 g/mol. The Bertz CT molecular complexity index is 326. The maximum Gasteiger partial charge on any atom is 0.145 e. The van der Waals surface area contributed by atoms with Gasteiger partial charge in [-0.3, -0.25) is 4.68 Å². The van der Waals surface area contributed by atoms with Crippen molar-refractivity contribution in [3.8, 4) is 0 Å². The first kappa shape index (κ1) is 11.4. The molecule has 1 atom stereocenters. The van der Waals surface area contributed by atoms with E-state index in [1.807, 2.05) is 16.9 Å². The Hall–Kier alpha value is -1.07. The van der Waals surface area contributed by atoms with Crippen molar-refractivity contribution in [3.05, 3.63) is 12.3 Å². The standard InChI is InChI=1S/C11H20N4O/c1-16-10-3-7-14(9-10)5-2-6-15-8-4-11(12)13-15/h4,8,10H,2-3,5-7,9H2,1H3,(H2,12,13). The van der Waals surface area contributed by atoms with E-state index in [0.717, 1.165) is 39.0 Å². The number of ether oxygens (including phenoxy) is 1. The second kappa shape index (κ2) is 5.32. The molecule has 1 unspecified atom stereocenters. The summed E-state index contributed by atoms with van der Waals surface area (Å²) in [5.41, 5.74) is 5.55. The summed E-state index contributed by atoms with van der Waals surface area (Å²) in [6.45, 7) is 4.27. The first-order valence-electron chi connectivity index (χ1n) is 5.82. The quantitative estimate of drug-likeness (QED) is 0.794. The number of anilines is 1. The van der Waals surface area contributed by atoms with Gasteiger partial charge in [-0.05, 0) is 18.9 Å². The highest BCUT2D eigenvalue weighted by Gasteiger charge is 2.20. The van der Waals surface area contributed by atoms with Crippen molar-refractivity contribution in [2.75, 3.05) is 32.5 Å². The van der Waals surface area contributed by atoms with E-state index in [0.29, 0.717) is 11.9 Å². The summed E-state index contributed by atoms with van der Waals surface area (Å²) in [5.74, 6) is 0.598. The first-order valence-corrected chi connectivity index (χ1v) is 5.82. The molecule has 2 heterocycles. The van der Waals surface area contributed by atoms with Gasteiger partial charge in [0.15, 0.2) is 0 Å². The van der Waals surface area contributed by atoms with Crippen LogP contribution in [0.1, 0.15) is 12.8 Å². The molecule has 2 N–H and O–H groups in total. The van der Waals surface area contributed by atoms with Gasteiger partial charge in [0.1, 0.15) is 5.82 Å². The Balaban J connectivity index is 1.65. The van der Waals surface area contributed by atoms with E-state index in [-0.39, 0.29) is 0 Å². The van der Waals surface area contributed by atoms with Crippen molar-refractivity contribution >= 4 is 5.82 Å². The van der Waals surface area contributed by atoms with Crippen molar-refractivity contribution in [1.29, 1.82) is 0 Å². The third kappa shape index (κ3) is 2.96. The topological polar surface area (TPSA) is 56.3 Å². The van der Waals surface area contributed by atoms with Crippen LogP contribution in [0.15, 0.2) is 12.3 Å². The molecule has 1 aliphatic rings. The van der Waals surface area contributed by atoms with Gasteiger partial charge in [-0.2, -0.15) is 5.10 Å². The Kier molecular flexibility index (Phi) is 3.79. The maximum absolute atomic E-state index is 5.55. The molecule has 5 nitrogen and oxygen atoms in total. The van der Waals surface area contributed by atoms with Crippen molar-refractivity contribution in [1.82, 2.24) is 14.7 Å². The summed E-state index contributed by atoms with van der Waals surface area (Å²) in [4.78, 5) is 2.45. The highest BCUT2D eigenvalue weighted by molar-refractivity contribution is 5.23. The molecule has 0 radical (unpaired) electrons. The van der Waals surface area contributed by atoms with Crippen LogP contribution in [0.2, 0.25) is 0 Å². The number of nitrogens with two attached hydrogens (primary N) is 1. The number of aromatic nitrogens is 2. The van der Waals surface area contributed by atoms with Gasteiger partial charge < -0.3 is 15.4 Å². The van der Waals surface area contributed by atoms with Crippen molar-refractivity contribution in [2.45, 2.75) is 25.5 Å². The number of methoxy groups -OCH3 is 1. The van der Waals surface area contributed by atoms with Crippen LogP contribution in [0, 0.1) is 0 Å². The second-order valence-electron chi connectivity index (χ2n) is 4.30. The molecule has 1 fully saturated rings. The molecule has 0 amide bonds. The highest BCUT2D eigenvalue weighted by atomic mass is 16.5. The van der Waals surface area contributed by atoms with E-state index in [4.69, 9.17) is 10.5 Å². The van der Waals surface area contributed by atoms with E-state index >= 15 is 0 Å². The van der Waals surface area contributed by atoms with Gasteiger partial charge in [0.2, 0.25) is 0 Å². The molecule has 0 aliphatic carbocycles. The number of rotatable bonds is 5. The number of nitrogens with zero attached hydrogens (tertiary/aromatic N) is 3. The van der Waals surface area contributed by atoms with Crippen LogP contribution in [-0.4, -0.2) is 47.5 Å². The lowest BCUT2D eigenvalue weighted by molar-refractivity contribution is 0.108. The van der Waals surface area contributed by atoms with Crippen LogP contribution in [0.3, 0.4) is 0 Å². The van der Waals surface area contributed by atoms with E-state index in [1.54, 1.807) is 7.11 Å². The zero-order valence-corrected chi connectivity index (χ0v) is 9.80. The summed E-state index contributed by atoms with van der Waals surface area (Å²) >= 11 is 0. The van der Waals surface area contributed by atoms with Gasteiger partial charge >= 0.3 is 0 Å². The molecular formula is C11H20N4O. The molecule has 2 rings (SSSR count). The summed E-state index contributed by atoms with van der Waals surface area (Å²) < 4.78 is 7.24. The zero-order valence-electron chi connectivity index (χ0n) is 9.80. The Morgan fingerprint density at radius 3 is 3.06 bits per heavy atom. The molecule has 0 spiro atoms. The average molecular weight is 224 g/mol. The molecule has 90 valence electrons. The molecule has 1 aromatic heterocycles. The van der Waals surface area contributed by atoms with Gasteiger partial charge in [0, 0.05) is 39.5 Å². The van der Waals surface area contributed by atoms with Crippen LogP contribution < -0.4 is 5.73 Å². The molecule has 16 heavy (non-hydrogen) atoms. The SMILES string of the molecule is COC1CCN(CCCn2ccc(N)n2)C1. The molecule has 1 aliphatic heterocycles. The van der Waals surface area contributed by atoms with Gasteiger partial charge in [0.05, 0.1) is 6.10 Å². The summed E-state index contributed by atoms with van der Waals surface area (Å²) in [7, 11) is 1.79. The summed E-state index contributed by atoms with van der Waals surface area (Å²) in [6.07, 6.45) is 4.63. The lowest BCUT2D eigenvalue weighted by atomic mass is 10.3. The number of aryl methyl sites for hydroxylation is 1. The third-order valence-electron chi connectivity index (χ3n) is 3.09. The van der Waals surface area contributed by atoms with E-state index < -0.39 is 0 Å². The minimum atomic E-state index is 0.431. The predicted molar refractivity (Wildman–Crippen MR) is 63.1 cm³/mol. The van der Waals surface area contributed by atoms with Crippen LogP contribution in [0.25, 0.3) is 0 Å². The minimum absolute atomic E-state index is 0.431. The summed E-state index contributed by atoms with van der Waals surface area (Å²) in [6, 6.07) is 1.83. The molecule has 0 bridgehead atoms. The predicted octanol–water partition coefficient (Wildman–Crippen LogP) is 0.576.